The Labute approximate surface area is 116 Å². The van der Waals surface area contributed by atoms with Crippen LogP contribution in [-0.2, 0) is 11.2 Å². The van der Waals surface area contributed by atoms with Gasteiger partial charge in [-0.2, -0.15) is 0 Å². The molecule has 2 aromatic heterocycles. The number of carbonyl (C=O) groups is 1. The van der Waals surface area contributed by atoms with Crippen LogP contribution in [0.3, 0.4) is 0 Å². The molecule has 0 spiro atoms. The van der Waals surface area contributed by atoms with E-state index in [2.05, 4.69) is 40.8 Å². The summed E-state index contributed by atoms with van der Waals surface area (Å²) in [5.74, 6) is 0.0836. The number of hydrogen-bond acceptors (Lipinski definition) is 3. The zero-order valence-corrected chi connectivity index (χ0v) is 12.0. The lowest BCUT2D eigenvalue weighted by molar-refractivity contribution is -0.120. The summed E-state index contributed by atoms with van der Waals surface area (Å²) in [6.45, 7) is 4.13. The molecule has 1 aliphatic rings. The maximum atomic E-state index is 11.7. The Kier molecular flexibility index (Phi) is 3.14. The molecule has 0 unspecified atom stereocenters. The minimum absolute atomic E-state index is 0.0836. The van der Waals surface area contributed by atoms with Crippen LogP contribution in [0.1, 0.15) is 29.9 Å². The highest BCUT2D eigenvalue weighted by atomic mass is 32.1. The number of nitrogens with one attached hydrogen (secondary N) is 1. The van der Waals surface area contributed by atoms with Crippen LogP contribution in [0.2, 0.25) is 0 Å². The Bertz CT molecular complexity index is 590. The Balaban J connectivity index is 1.74. The highest BCUT2D eigenvalue weighted by molar-refractivity contribution is 7.12. The number of aromatic nitrogens is 2. The molecule has 0 atom stereocenters. The van der Waals surface area contributed by atoms with Crippen molar-refractivity contribution in [3.63, 3.8) is 0 Å². The van der Waals surface area contributed by atoms with E-state index in [1.54, 1.807) is 11.3 Å². The van der Waals surface area contributed by atoms with Gasteiger partial charge >= 0.3 is 0 Å². The second kappa shape index (κ2) is 4.81. The summed E-state index contributed by atoms with van der Waals surface area (Å²) in [4.78, 5) is 16.3. The predicted octanol–water partition coefficient (Wildman–Crippen LogP) is 2.37. The smallest absolute Gasteiger partial charge is 0.226 e. The molecule has 5 heteroatoms. The number of amides is 1. The summed E-state index contributed by atoms with van der Waals surface area (Å²) in [7, 11) is 0. The van der Waals surface area contributed by atoms with Gasteiger partial charge in [0.1, 0.15) is 0 Å². The maximum Gasteiger partial charge on any atom is 0.226 e. The van der Waals surface area contributed by atoms with Gasteiger partial charge in [0.25, 0.3) is 0 Å². The van der Waals surface area contributed by atoms with Gasteiger partial charge in [0, 0.05) is 22.8 Å². The van der Waals surface area contributed by atoms with Crippen LogP contribution in [0.15, 0.2) is 17.5 Å². The van der Waals surface area contributed by atoms with Crippen molar-refractivity contribution >= 4 is 17.2 Å². The van der Waals surface area contributed by atoms with Crippen molar-refractivity contribution in [1.82, 2.24) is 14.9 Å². The average Bonchev–Trinajstić information content (AvgIpc) is 2.95. The third kappa shape index (κ3) is 2.71. The number of hydrogen-bond donors (Lipinski definition) is 1. The predicted molar refractivity (Wildman–Crippen MR) is 75.8 cm³/mol. The molecule has 1 saturated carbocycles. The quantitative estimate of drug-likeness (QED) is 0.931. The van der Waals surface area contributed by atoms with E-state index in [1.807, 2.05) is 5.38 Å². The summed E-state index contributed by atoms with van der Waals surface area (Å²) in [5, 5.41) is 5.90. The van der Waals surface area contributed by atoms with Crippen LogP contribution in [0.5, 0.6) is 0 Å². The molecule has 1 fully saturated rings. The van der Waals surface area contributed by atoms with Gasteiger partial charge in [-0.15, -0.1) is 11.3 Å². The van der Waals surface area contributed by atoms with Crippen molar-refractivity contribution in [1.29, 1.82) is 0 Å². The molecule has 0 saturated heterocycles. The van der Waals surface area contributed by atoms with E-state index in [0.717, 1.165) is 23.7 Å². The first-order chi connectivity index (χ1) is 9.13. The van der Waals surface area contributed by atoms with Crippen molar-refractivity contribution < 1.29 is 4.79 Å². The van der Waals surface area contributed by atoms with Crippen molar-refractivity contribution in [3.05, 3.63) is 34.6 Å². The standard InChI is InChI=1S/C14H17N3OS/c1-9-3-4-10(2)17(9)14-16-12(8-19-14)7-13(18)15-11-5-6-11/h3-4,8,11H,5-7H2,1-2H3,(H,15,18). The number of carbonyl (C=O) groups excluding carboxylic acids is 1. The molecule has 2 heterocycles. The molecule has 100 valence electrons. The Morgan fingerprint density at radius 2 is 2.11 bits per heavy atom. The number of aryl methyl sites for hydroxylation is 2. The van der Waals surface area contributed by atoms with Gasteiger partial charge in [-0.05, 0) is 38.8 Å². The first-order valence-electron chi connectivity index (χ1n) is 6.52. The summed E-state index contributed by atoms with van der Waals surface area (Å²) in [5.41, 5.74) is 3.19. The molecule has 0 aromatic carbocycles. The fourth-order valence-corrected chi connectivity index (χ4v) is 3.06. The van der Waals surface area contributed by atoms with Crippen LogP contribution in [0.4, 0.5) is 0 Å². The van der Waals surface area contributed by atoms with Crippen LogP contribution in [-0.4, -0.2) is 21.5 Å². The van der Waals surface area contributed by atoms with Gasteiger partial charge in [0.2, 0.25) is 5.91 Å². The molecule has 1 amide bonds. The molecule has 19 heavy (non-hydrogen) atoms. The van der Waals surface area contributed by atoms with Gasteiger partial charge in [-0.1, -0.05) is 0 Å². The lowest BCUT2D eigenvalue weighted by Crippen LogP contribution is -2.27. The van der Waals surface area contributed by atoms with Gasteiger partial charge in [-0.25, -0.2) is 4.98 Å². The van der Waals surface area contributed by atoms with Gasteiger partial charge in [0.15, 0.2) is 5.13 Å². The normalized spacial score (nSPS) is 14.6. The van der Waals surface area contributed by atoms with Crippen LogP contribution in [0.25, 0.3) is 5.13 Å². The lowest BCUT2D eigenvalue weighted by atomic mass is 10.3. The number of rotatable bonds is 4. The van der Waals surface area contributed by atoms with Crippen molar-refractivity contribution in [2.75, 3.05) is 0 Å². The molecular weight excluding hydrogens is 258 g/mol. The Morgan fingerprint density at radius 1 is 1.42 bits per heavy atom. The molecule has 0 aliphatic heterocycles. The summed E-state index contributed by atoms with van der Waals surface area (Å²) >= 11 is 1.58. The molecule has 3 rings (SSSR count). The van der Waals surface area contributed by atoms with Crippen LogP contribution in [0, 0.1) is 13.8 Å². The number of nitrogens with zero attached hydrogens (tertiary/aromatic N) is 2. The van der Waals surface area contributed by atoms with E-state index < -0.39 is 0 Å². The first kappa shape index (κ1) is 12.4. The fraction of sp³-hybridized carbons (Fsp3) is 0.429. The van der Waals surface area contributed by atoms with Gasteiger partial charge in [0.05, 0.1) is 12.1 Å². The van der Waals surface area contributed by atoms with Crippen LogP contribution < -0.4 is 5.32 Å². The molecule has 4 nitrogen and oxygen atoms in total. The minimum atomic E-state index is 0.0836. The van der Waals surface area contributed by atoms with Crippen molar-refractivity contribution in [2.24, 2.45) is 0 Å². The van der Waals surface area contributed by atoms with E-state index in [1.165, 1.54) is 11.4 Å². The summed E-state index contributed by atoms with van der Waals surface area (Å²) in [6, 6.07) is 4.58. The molecular formula is C14H17N3OS. The molecule has 2 aromatic rings. The summed E-state index contributed by atoms with van der Waals surface area (Å²) in [6.07, 6.45) is 2.62. The Morgan fingerprint density at radius 3 is 2.74 bits per heavy atom. The third-order valence-electron chi connectivity index (χ3n) is 3.29. The highest BCUT2D eigenvalue weighted by Crippen LogP contribution is 2.21. The average molecular weight is 275 g/mol. The van der Waals surface area contributed by atoms with Gasteiger partial charge in [-0.3, -0.25) is 9.36 Å². The van der Waals surface area contributed by atoms with E-state index in [-0.39, 0.29) is 5.91 Å². The third-order valence-corrected chi connectivity index (χ3v) is 4.16. The first-order valence-corrected chi connectivity index (χ1v) is 7.40. The lowest BCUT2D eigenvalue weighted by Gasteiger charge is -2.04. The topological polar surface area (TPSA) is 46.9 Å². The molecule has 1 aliphatic carbocycles. The SMILES string of the molecule is Cc1ccc(C)n1-c1nc(CC(=O)NC2CC2)cs1. The fourth-order valence-electron chi connectivity index (χ4n) is 2.12. The molecule has 0 bridgehead atoms. The summed E-state index contributed by atoms with van der Waals surface area (Å²) < 4.78 is 2.12. The monoisotopic (exact) mass is 275 g/mol. The van der Waals surface area contributed by atoms with E-state index >= 15 is 0 Å². The molecule has 0 radical (unpaired) electrons. The van der Waals surface area contributed by atoms with E-state index in [0.29, 0.717) is 12.5 Å². The zero-order valence-electron chi connectivity index (χ0n) is 11.1. The van der Waals surface area contributed by atoms with E-state index in [4.69, 9.17) is 0 Å². The van der Waals surface area contributed by atoms with Crippen molar-refractivity contribution in [3.8, 4) is 5.13 Å². The second-order valence-corrected chi connectivity index (χ2v) is 5.93. The Hall–Kier alpha value is -1.62. The highest BCUT2D eigenvalue weighted by Gasteiger charge is 2.23. The zero-order chi connectivity index (χ0) is 13.4. The number of thiazole rings is 1. The van der Waals surface area contributed by atoms with Gasteiger partial charge < -0.3 is 5.32 Å². The largest absolute Gasteiger partial charge is 0.353 e. The molecule has 1 N–H and O–H groups in total. The van der Waals surface area contributed by atoms with Crippen LogP contribution >= 0.6 is 11.3 Å². The second-order valence-electron chi connectivity index (χ2n) is 5.09. The van der Waals surface area contributed by atoms with E-state index in [9.17, 15) is 4.79 Å². The van der Waals surface area contributed by atoms with Crippen molar-refractivity contribution in [2.45, 2.75) is 39.2 Å². The maximum absolute atomic E-state index is 11.7. The minimum Gasteiger partial charge on any atom is -0.353 e.